The van der Waals surface area contributed by atoms with Gasteiger partial charge < -0.3 is 4.74 Å². The van der Waals surface area contributed by atoms with Crippen LogP contribution >= 0.6 is 0 Å². The second-order valence-electron chi connectivity index (χ2n) is 5.72. The minimum Gasteiger partial charge on any atom is -0.418 e. The Labute approximate surface area is 161 Å². The quantitative estimate of drug-likeness (QED) is 0.484. The number of hydrogen-bond donors (Lipinski definition) is 0. The zero-order valence-corrected chi connectivity index (χ0v) is 13.9. The van der Waals surface area contributed by atoms with Crippen LogP contribution in [0.1, 0.15) is 11.1 Å². The first kappa shape index (κ1) is 24.6. The van der Waals surface area contributed by atoms with Gasteiger partial charge in [0.25, 0.3) is 5.90 Å². The standard InChI is InChI=1S/C14H4F14N2O/c15-9(16,12(20,21)22)8-30-11(13(23,24)25,14(26,27)28)29-7(31-8)5-3-1-2-4-6(5)10(17,18)19/h1-4H. The lowest BCUT2D eigenvalue weighted by molar-refractivity contribution is -0.296. The van der Waals surface area contributed by atoms with Gasteiger partial charge in [0.15, 0.2) is 0 Å². The molecule has 0 aliphatic carbocycles. The Morgan fingerprint density at radius 1 is 0.677 bits per heavy atom. The van der Waals surface area contributed by atoms with Crippen molar-refractivity contribution >= 4 is 11.8 Å². The Morgan fingerprint density at radius 3 is 1.58 bits per heavy atom. The van der Waals surface area contributed by atoms with E-state index in [1.54, 1.807) is 0 Å². The zero-order chi connectivity index (χ0) is 24.3. The van der Waals surface area contributed by atoms with Gasteiger partial charge in [0.1, 0.15) is 0 Å². The van der Waals surface area contributed by atoms with Gasteiger partial charge in [-0.15, -0.1) is 0 Å². The minimum atomic E-state index is -6.82. The average Bonchev–Trinajstić information content (AvgIpc) is 2.57. The summed E-state index contributed by atoms with van der Waals surface area (Å²) in [6.07, 6.45) is -25.9. The van der Waals surface area contributed by atoms with Crippen molar-refractivity contribution in [3.8, 4) is 0 Å². The molecule has 1 aromatic carbocycles. The molecule has 1 aliphatic heterocycles. The second-order valence-corrected chi connectivity index (χ2v) is 5.72. The number of rotatable bonds is 2. The molecule has 0 saturated heterocycles. The van der Waals surface area contributed by atoms with Gasteiger partial charge in [0.05, 0.1) is 5.56 Å². The molecule has 0 amide bonds. The summed E-state index contributed by atoms with van der Waals surface area (Å²) in [5, 5.41) is 0. The van der Waals surface area contributed by atoms with Crippen molar-refractivity contribution < 1.29 is 66.2 Å². The number of halogens is 14. The highest BCUT2D eigenvalue weighted by molar-refractivity contribution is 6.06. The van der Waals surface area contributed by atoms with E-state index in [1.807, 2.05) is 4.99 Å². The van der Waals surface area contributed by atoms with Gasteiger partial charge in [-0.3, -0.25) is 0 Å². The first-order valence-electron chi connectivity index (χ1n) is 7.28. The van der Waals surface area contributed by atoms with Crippen molar-refractivity contribution in [1.29, 1.82) is 0 Å². The Balaban J connectivity index is 2.92. The number of benzene rings is 1. The van der Waals surface area contributed by atoms with Gasteiger partial charge in [-0.2, -0.15) is 61.5 Å². The van der Waals surface area contributed by atoms with Crippen molar-refractivity contribution in [3.05, 3.63) is 35.4 Å². The van der Waals surface area contributed by atoms with E-state index < -0.39 is 59.2 Å². The molecule has 2 rings (SSSR count). The van der Waals surface area contributed by atoms with Crippen LogP contribution in [0.5, 0.6) is 0 Å². The molecule has 0 atom stereocenters. The van der Waals surface area contributed by atoms with Crippen LogP contribution in [-0.2, 0) is 10.9 Å². The summed E-state index contributed by atoms with van der Waals surface area (Å²) >= 11 is 0. The largest absolute Gasteiger partial charge is 0.463 e. The van der Waals surface area contributed by atoms with E-state index in [4.69, 9.17) is 0 Å². The van der Waals surface area contributed by atoms with Crippen LogP contribution in [0.3, 0.4) is 0 Å². The molecule has 0 unspecified atom stereocenters. The summed E-state index contributed by atoms with van der Waals surface area (Å²) in [7, 11) is 0. The molecular formula is C14H4F14N2O. The molecule has 0 saturated carbocycles. The van der Waals surface area contributed by atoms with E-state index in [0.29, 0.717) is 12.1 Å². The monoisotopic (exact) mass is 482 g/mol. The molecule has 1 heterocycles. The molecule has 1 aliphatic rings. The Bertz CT molecular complexity index is 889. The first-order valence-corrected chi connectivity index (χ1v) is 7.28. The SMILES string of the molecule is FC(F)(F)c1ccccc1C1=NC(C(F)(F)F)(C(F)(F)F)N=C(C(F)(F)C(F)(F)F)O1. The maximum atomic E-state index is 13.6. The number of ether oxygens (including phenoxy) is 1. The Morgan fingerprint density at radius 2 is 1.16 bits per heavy atom. The van der Waals surface area contributed by atoms with Crippen molar-refractivity contribution in [3.63, 3.8) is 0 Å². The van der Waals surface area contributed by atoms with Crippen LogP contribution in [0, 0.1) is 0 Å². The van der Waals surface area contributed by atoms with Crippen molar-refractivity contribution in [2.75, 3.05) is 0 Å². The van der Waals surface area contributed by atoms with Gasteiger partial charge >= 0.3 is 36.3 Å². The highest BCUT2D eigenvalue weighted by atomic mass is 19.4. The van der Waals surface area contributed by atoms with Gasteiger partial charge in [-0.25, -0.2) is 9.98 Å². The van der Waals surface area contributed by atoms with Gasteiger partial charge in [-0.05, 0) is 12.1 Å². The van der Waals surface area contributed by atoms with Crippen LogP contribution in [0.15, 0.2) is 34.3 Å². The third kappa shape index (κ3) is 4.13. The van der Waals surface area contributed by atoms with Crippen molar-refractivity contribution in [2.24, 2.45) is 9.98 Å². The maximum absolute atomic E-state index is 13.6. The molecule has 17 heteroatoms. The summed E-state index contributed by atoms with van der Waals surface area (Å²) in [4.78, 5) is 3.27. The highest BCUT2D eigenvalue weighted by Gasteiger charge is 2.76. The van der Waals surface area contributed by atoms with Crippen LogP contribution in [0.2, 0.25) is 0 Å². The number of nitrogens with zero attached hydrogens (tertiary/aromatic N) is 2. The van der Waals surface area contributed by atoms with Crippen molar-refractivity contribution in [2.45, 2.75) is 36.3 Å². The first-order chi connectivity index (χ1) is 13.7. The lowest BCUT2D eigenvalue weighted by Gasteiger charge is -2.35. The van der Waals surface area contributed by atoms with Gasteiger partial charge in [0, 0.05) is 5.56 Å². The Hall–Kier alpha value is -2.62. The molecule has 174 valence electrons. The molecule has 1 aromatic rings. The second kappa shape index (κ2) is 6.94. The summed E-state index contributed by atoms with van der Waals surface area (Å²) in [5.41, 5.74) is -9.79. The van der Waals surface area contributed by atoms with Crippen LogP contribution < -0.4 is 0 Å². The molecule has 0 fully saturated rings. The molecule has 0 bridgehead atoms. The highest BCUT2D eigenvalue weighted by Crippen LogP contribution is 2.51. The lowest BCUT2D eigenvalue weighted by Crippen LogP contribution is -2.59. The van der Waals surface area contributed by atoms with E-state index >= 15 is 0 Å². The topological polar surface area (TPSA) is 34.0 Å². The normalized spacial score (nSPS) is 18.3. The molecular weight excluding hydrogens is 478 g/mol. The maximum Gasteiger partial charge on any atom is 0.463 e. The van der Waals surface area contributed by atoms with Crippen LogP contribution in [-0.4, -0.2) is 41.9 Å². The fourth-order valence-electron chi connectivity index (χ4n) is 2.16. The predicted molar refractivity (Wildman–Crippen MR) is 72.3 cm³/mol. The smallest absolute Gasteiger partial charge is 0.418 e. The Kier molecular flexibility index (Phi) is 5.52. The summed E-state index contributed by atoms with van der Waals surface area (Å²) in [5.74, 6) is -12.5. The number of alkyl halides is 14. The van der Waals surface area contributed by atoms with Crippen LogP contribution in [0.4, 0.5) is 61.5 Å². The van der Waals surface area contributed by atoms with Crippen LogP contribution in [0.25, 0.3) is 0 Å². The molecule has 0 aromatic heterocycles. The zero-order valence-electron chi connectivity index (χ0n) is 13.9. The van der Waals surface area contributed by atoms with E-state index in [0.717, 1.165) is 0 Å². The van der Waals surface area contributed by atoms with E-state index in [1.165, 1.54) is 4.99 Å². The number of aliphatic imine (C=N–C) groups is 2. The third-order valence-electron chi connectivity index (χ3n) is 3.60. The lowest BCUT2D eigenvalue weighted by atomic mass is 10.0. The fourth-order valence-corrected chi connectivity index (χ4v) is 2.16. The number of hydrogen-bond acceptors (Lipinski definition) is 3. The molecule has 31 heavy (non-hydrogen) atoms. The molecule has 0 spiro atoms. The van der Waals surface area contributed by atoms with E-state index in [2.05, 4.69) is 4.74 Å². The molecule has 0 radical (unpaired) electrons. The summed E-state index contributed by atoms with van der Waals surface area (Å²) in [6, 6.07) is 1.47. The summed E-state index contributed by atoms with van der Waals surface area (Å²) < 4.78 is 187. The fraction of sp³-hybridized carbons (Fsp3) is 0.429. The van der Waals surface area contributed by atoms with Gasteiger partial charge in [-0.1, -0.05) is 12.1 Å². The van der Waals surface area contributed by atoms with E-state index in [-0.39, 0.29) is 12.1 Å². The molecule has 0 N–H and O–H groups in total. The van der Waals surface area contributed by atoms with Gasteiger partial charge in [0.2, 0.25) is 5.90 Å². The van der Waals surface area contributed by atoms with E-state index in [9.17, 15) is 61.5 Å². The third-order valence-corrected chi connectivity index (χ3v) is 3.60. The summed E-state index contributed by atoms with van der Waals surface area (Å²) in [6.45, 7) is 0. The minimum absolute atomic E-state index is 0.0946. The van der Waals surface area contributed by atoms with Crippen molar-refractivity contribution in [1.82, 2.24) is 0 Å². The average molecular weight is 482 g/mol. The predicted octanol–water partition coefficient (Wildman–Crippen LogP) is 5.90. The molecule has 3 nitrogen and oxygen atoms in total.